The Hall–Kier alpha value is -2.86. The van der Waals surface area contributed by atoms with E-state index < -0.39 is 12.1 Å². The number of aryl methyl sites for hydroxylation is 1. The van der Waals surface area contributed by atoms with Gasteiger partial charge in [-0.05, 0) is 24.5 Å². The van der Waals surface area contributed by atoms with Crippen LogP contribution in [0.5, 0.6) is 0 Å². The third-order valence-electron chi connectivity index (χ3n) is 4.17. The Morgan fingerprint density at radius 1 is 1.11 bits per heavy atom. The van der Waals surface area contributed by atoms with E-state index >= 15 is 0 Å². The molecule has 1 unspecified atom stereocenters. The molecule has 0 aliphatic heterocycles. The van der Waals surface area contributed by atoms with Crippen molar-refractivity contribution in [1.82, 2.24) is 10.2 Å². The maximum Gasteiger partial charge on any atom is 0.317 e. The van der Waals surface area contributed by atoms with Crippen molar-refractivity contribution < 1.29 is 19.8 Å². The monoisotopic (exact) mass is 370 g/mol. The number of urea groups is 1. The third-order valence-corrected chi connectivity index (χ3v) is 4.17. The average molecular weight is 370 g/mol. The highest BCUT2D eigenvalue weighted by Crippen LogP contribution is 2.17. The van der Waals surface area contributed by atoms with Gasteiger partial charge in [-0.3, -0.25) is 4.79 Å². The van der Waals surface area contributed by atoms with Gasteiger partial charge in [0.2, 0.25) is 0 Å². The highest BCUT2D eigenvalue weighted by molar-refractivity contribution is 5.74. The van der Waals surface area contributed by atoms with Gasteiger partial charge >= 0.3 is 12.0 Å². The summed E-state index contributed by atoms with van der Waals surface area (Å²) < 4.78 is 0. The van der Waals surface area contributed by atoms with Crippen LogP contribution in [0.1, 0.15) is 35.6 Å². The fourth-order valence-corrected chi connectivity index (χ4v) is 2.76. The Kier molecular flexibility index (Phi) is 7.82. The zero-order valence-corrected chi connectivity index (χ0v) is 15.5. The van der Waals surface area contributed by atoms with Gasteiger partial charge < -0.3 is 20.4 Å². The molecule has 2 aromatic rings. The van der Waals surface area contributed by atoms with Gasteiger partial charge in [-0.2, -0.15) is 0 Å². The van der Waals surface area contributed by atoms with Gasteiger partial charge in [0.1, 0.15) is 0 Å². The molecule has 0 radical (unpaired) electrons. The number of benzene rings is 2. The van der Waals surface area contributed by atoms with Gasteiger partial charge in [0.15, 0.2) is 0 Å². The normalized spacial score (nSPS) is 11.6. The van der Waals surface area contributed by atoms with Crippen molar-refractivity contribution in [2.24, 2.45) is 0 Å². The molecule has 0 spiro atoms. The molecule has 0 aromatic heterocycles. The Morgan fingerprint density at radius 2 is 1.85 bits per heavy atom. The highest BCUT2D eigenvalue weighted by atomic mass is 16.4. The first-order valence-corrected chi connectivity index (χ1v) is 8.99. The van der Waals surface area contributed by atoms with Gasteiger partial charge in [0.05, 0.1) is 12.6 Å². The number of nitrogens with zero attached hydrogens (tertiary/aromatic N) is 1. The number of hydrogen-bond acceptors (Lipinski definition) is 3. The fraction of sp³-hybridized carbons (Fsp3) is 0.333. The summed E-state index contributed by atoms with van der Waals surface area (Å²) in [5.74, 6) is -0.889. The lowest BCUT2D eigenvalue weighted by Crippen LogP contribution is -2.42. The van der Waals surface area contributed by atoms with E-state index in [2.05, 4.69) is 5.32 Å². The maximum absolute atomic E-state index is 12.6. The van der Waals surface area contributed by atoms with Crippen LogP contribution in [0.3, 0.4) is 0 Å². The van der Waals surface area contributed by atoms with Gasteiger partial charge in [-0.15, -0.1) is 0 Å². The number of nitrogens with one attached hydrogen (secondary N) is 1. The van der Waals surface area contributed by atoms with Crippen LogP contribution < -0.4 is 5.32 Å². The molecule has 6 nitrogen and oxygen atoms in total. The Labute approximate surface area is 159 Å². The summed E-state index contributed by atoms with van der Waals surface area (Å²) in [6.45, 7) is 2.72. The molecule has 0 aliphatic carbocycles. The van der Waals surface area contributed by atoms with E-state index in [-0.39, 0.29) is 25.5 Å². The smallest absolute Gasteiger partial charge is 0.317 e. The molecule has 0 bridgehead atoms. The lowest BCUT2D eigenvalue weighted by atomic mass is 10.1. The Balaban J connectivity index is 2.04. The zero-order valence-electron chi connectivity index (χ0n) is 15.5. The minimum Gasteiger partial charge on any atom is -0.481 e. The third kappa shape index (κ3) is 7.11. The second-order valence-corrected chi connectivity index (χ2v) is 6.53. The molecular weight excluding hydrogens is 344 g/mol. The van der Waals surface area contributed by atoms with E-state index in [1.807, 2.05) is 61.5 Å². The van der Waals surface area contributed by atoms with Crippen LogP contribution in [0.2, 0.25) is 0 Å². The summed E-state index contributed by atoms with van der Waals surface area (Å²) in [4.78, 5) is 24.7. The van der Waals surface area contributed by atoms with Gasteiger partial charge in [0, 0.05) is 19.5 Å². The van der Waals surface area contributed by atoms with Crippen molar-refractivity contribution in [2.45, 2.75) is 32.4 Å². The molecule has 2 amide bonds. The van der Waals surface area contributed by atoms with E-state index in [1.54, 1.807) is 4.90 Å². The number of carbonyl (C=O) groups is 2. The molecule has 144 valence electrons. The minimum atomic E-state index is -0.889. The number of aliphatic hydroxyl groups excluding tert-OH is 1. The average Bonchev–Trinajstić information content (AvgIpc) is 2.65. The van der Waals surface area contributed by atoms with Gasteiger partial charge in [0.25, 0.3) is 0 Å². The number of aliphatic hydroxyl groups is 1. The van der Waals surface area contributed by atoms with Crippen molar-refractivity contribution in [1.29, 1.82) is 0 Å². The Bertz CT molecular complexity index is 749. The fourth-order valence-electron chi connectivity index (χ4n) is 2.76. The van der Waals surface area contributed by atoms with Gasteiger partial charge in [-0.1, -0.05) is 60.2 Å². The minimum absolute atomic E-state index is 0.00484. The molecule has 2 aromatic carbocycles. The predicted octanol–water partition coefficient (Wildman–Crippen LogP) is 3.11. The number of aliphatic carboxylic acids is 1. The van der Waals surface area contributed by atoms with Crippen LogP contribution in [0.25, 0.3) is 0 Å². The van der Waals surface area contributed by atoms with Crippen LogP contribution in [0.15, 0.2) is 54.6 Å². The number of rotatable bonds is 9. The second-order valence-electron chi connectivity index (χ2n) is 6.53. The Morgan fingerprint density at radius 3 is 2.52 bits per heavy atom. The van der Waals surface area contributed by atoms with E-state index in [9.17, 15) is 14.7 Å². The summed E-state index contributed by atoms with van der Waals surface area (Å²) in [6.07, 6.45) is -0.440. The number of carbonyl (C=O) groups excluding carboxylic acids is 1. The van der Waals surface area contributed by atoms with Crippen molar-refractivity contribution in [3.05, 3.63) is 71.3 Å². The van der Waals surface area contributed by atoms with Crippen LogP contribution in [-0.4, -0.2) is 40.2 Å². The van der Waals surface area contributed by atoms with Gasteiger partial charge in [-0.25, -0.2) is 4.79 Å². The summed E-state index contributed by atoms with van der Waals surface area (Å²) in [5, 5.41) is 22.0. The first kappa shape index (κ1) is 20.5. The zero-order chi connectivity index (χ0) is 19.6. The maximum atomic E-state index is 12.6. The number of carboxylic acids is 1. The molecule has 0 heterocycles. The SMILES string of the molecule is Cc1cccc(C(O)CN(Cc2ccccc2)C(=O)NCCCC(=O)O)c1. The summed E-state index contributed by atoms with van der Waals surface area (Å²) in [5.41, 5.74) is 2.75. The molecule has 0 fully saturated rings. The topological polar surface area (TPSA) is 89.9 Å². The quantitative estimate of drug-likeness (QED) is 0.592. The number of amides is 2. The highest BCUT2D eigenvalue weighted by Gasteiger charge is 2.19. The van der Waals surface area contributed by atoms with E-state index in [4.69, 9.17) is 5.11 Å². The second kappa shape index (κ2) is 10.3. The molecule has 2 rings (SSSR count). The lowest BCUT2D eigenvalue weighted by molar-refractivity contribution is -0.137. The molecule has 0 saturated heterocycles. The first-order chi connectivity index (χ1) is 13.0. The summed E-state index contributed by atoms with van der Waals surface area (Å²) in [6, 6.07) is 16.8. The van der Waals surface area contributed by atoms with Crippen molar-refractivity contribution >= 4 is 12.0 Å². The number of carboxylic acid groups (broad SMARTS) is 1. The number of hydrogen-bond donors (Lipinski definition) is 3. The molecule has 0 aliphatic rings. The van der Waals surface area contributed by atoms with Crippen LogP contribution >= 0.6 is 0 Å². The first-order valence-electron chi connectivity index (χ1n) is 8.99. The molecule has 3 N–H and O–H groups in total. The van der Waals surface area contributed by atoms with Crippen LogP contribution in [-0.2, 0) is 11.3 Å². The lowest BCUT2D eigenvalue weighted by Gasteiger charge is -2.26. The van der Waals surface area contributed by atoms with Crippen molar-refractivity contribution in [2.75, 3.05) is 13.1 Å². The summed E-state index contributed by atoms with van der Waals surface area (Å²) >= 11 is 0. The van der Waals surface area contributed by atoms with E-state index in [1.165, 1.54) is 0 Å². The molecular formula is C21H26N2O4. The molecule has 1 atom stereocenters. The molecule has 6 heteroatoms. The van der Waals surface area contributed by atoms with Crippen molar-refractivity contribution in [3.63, 3.8) is 0 Å². The van der Waals surface area contributed by atoms with Crippen LogP contribution in [0, 0.1) is 6.92 Å². The predicted molar refractivity (Wildman–Crippen MR) is 103 cm³/mol. The standard InChI is InChI=1S/C21H26N2O4/c1-16-7-5-10-18(13-16)19(24)15-23(14-17-8-3-2-4-9-17)21(27)22-12-6-11-20(25)26/h2-5,7-10,13,19,24H,6,11-12,14-15H2,1H3,(H,22,27)(H,25,26). The van der Waals surface area contributed by atoms with Crippen LogP contribution in [0.4, 0.5) is 4.79 Å². The van der Waals surface area contributed by atoms with E-state index in [0.29, 0.717) is 13.0 Å². The molecule has 0 saturated carbocycles. The van der Waals surface area contributed by atoms with E-state index in [0.717, 1.165) is 16.7 Å². The molecule has 27 heavy (non-hydrogen) atoms. The van der Waals surface area contributed by atoms with Crippen molar-refractivity contribution in [3.8, 4) is 0 Å². The summed E-state index contributed by atoms with van der Waals surface area (Å²) in [7, 11) is 0. The largest absolute Gasteiger partial charge is 0.481 e.